The van der Waals surface area contributed by atoms with E-state index in [1.54, 1.807) is 0 Å². The van der Waals surface area contributed by atoms with Crippen molar-refractivity contribution in [2.24, 2.45) is 0 Å². The van der Waals surface area contributed by atoms with E-state index >= 15 is 0 Å². The lowest BCUT2D eigenvalue weighted by Gasteiger charge is -1.90. The molecule has 1 aliphatic heterocycles. The Kier molecular flexibility index (Phi) is 0.804. The van der Waals surface area contributed by atoms with Crippen molar-refractivity contribution >= 4 is 17.2 Å². The Labute approximate surface area is 42.9 Å². The predicted octanol–water partition coefficient (Wildman–Crippen LogP) is 0.649. The minimum atomic E-state index is 1.04. The SMILES string of the molecule is CC(=S)N1CC1. The Morgan fingerprint density at radius 3 is 2.17 bits per heavy atom. The van der Waals surface area contributed by atoms with Crippen molar-refractivity contribution in [3.8, 4) is 0 Å². The van der Waals surface area contributed by atoms with Crippen molar-refractivity contribution in [3.05, 3.63) is 0 Å². The van der Waals surface area contributed by atoms with Gasteiger partial charge in [-0.1, -0.05) is 12.2 Å². The van der Waals surface area contributed by atoms with Crippen molar-refractivity contribution in [2.75, 3.05) is 13.1 Å². The number of hydrogen-bond donors (Lipinski definition) is 0. The van der Waals surface area contributed by atoms with E-state index < -0.39 is 0 Å². The van der Waals surface area contributed by atoms with Crippen LogP contribution in [-0.2, 0) is 0 Å². The van der Waals surface area contributed by atoms with E-state index in [0.717, 1.165) is 4.99 Å². The fourth-order valence-electron chi connectivity index (χ4n) is 0.365. The first-order valence-electron chi connectivity index (χ1n) is 2.06. The zero-order valence-corrected chi connectivity index (χ0v) is 4.59. The summed E-state index contributed by atoms with van der Waals surface area (Å²) < 4.78 is 0. The second-order valence-electron chi connectivity index (χ2n) is 1.51. The normalized spacial score (nSPS) is 17.8. The summed E-state index contributed by atoms with van der Waals surface area (Å²) >= 11 is 4.81. The van der Waals surface area contributed by atoms with Gasteiger partial charge in [0.05, 0.1) is 4.99 Å². The van der Waals surface area contributed by atoms with Crippen LogP contribution in [-0.4, -0.2) is 23.0 Å². The fraction of sp³-hybridized carbons (Fsp3) is 0.750. The molecule has 0 bridgehead atoms. The Morgan fingerprint density at radius 2 is 2.17 bits per heavy atom. The molecule has 0 saturated carbocycles. The van der Waals surface area contributed by atoms with E-state index in [-0.39, 0.29) is 0 Å². The van der Waals surface area contributed by atoms with E-state index in [0.29, 0.717) is 0 Å². The third kappa shape index (κ3) is 0.684. The van der Waals surface area contributed by atoms with Crippen molar-refractivity contribution < 1.29 is 0 Å². The van der Waals surface area contributed by atoms with Gasteiger partial charge in [0.15, 0.2) is 0 Å². The summed E-state index contributed by atoms with van der Waals surface area (Å²) in [7, 11) is 0. The summed E-state index contributed by atoms with van der Waals surface area (Å²) in [6, 6.07) is 0. The second kappa shape index (κ2) is 1.19. The molecule has 0 atom stereocenters. The van der Waals surface area contributed by atoms with Gasteiger partial charge in [0.2, 0.25) is 0 Å². The van der Waals surface area contributed by atoms with Gasteiger partial charge in [-0.25, -0.2) is 0 Å². The van der Waals surface area contributed by atoms with Gasteiger partial charge in [0.25, 0.3) is 0 Å². The van der Waals surface area contributed by atoms with Gasteiger partial charge in [0, 0.05) is 13.1 Å². The van der Waals surface area contributed by atoms with E-state index in [9.17, 15) is 0 Å². The first-order chi connectivity index (χ1) is 2.80. The van der Waals surface area contributed by atoms with Crippen molar-refractivity contribution in [3.63, 3.8) is 0 Å². The molecule has 1 fully saturated rings. The van der Waals surface area contributed by atoms with Crippen LogP contribution in [0.15, 0.2) is 0 Å². The summed E-state index contributed by atoms with van der Waals surface area (Å²) in [5.41, 5.74) is 0. The Hall–Kier alpha value is -0.110. The summed E-state index contributed by atoms with van der Waals surface area (Å²) in [4.78, 5) is 3.19. The monoisotopic (exact) mass is 101 g/mol. The molecule has 0 N–H and O–H groups in total. The summed E-state index contributed by atoms with van der Waals surface area (Å²) in [6.07, 6.45) is 0. The molecule has 1 saturated heterocycles. The number of hydrogen-bond acceptors (Lipinski definition) is 1. The smallest absolute Gasteiger partial charge is 0.0749 e. The van der Waals surface area contributed by atoms with Gasteiger partial charge in [-0.2, -0.15) is 0 Å². The lowest BCUT2D eigenvalue weighted by Crippen LogP contribution is -1.99. The van der Waals surface area contributed by atoms with Crippen molar-refractivity contribution in [1.29, 1.82) is 0 Å². The topological polar surface area (TPSA) is 3.01 Å². The van der Waals surface area contributed by atoms with E-state index in [1.165, 1.54) is 13.1 Å². The van der Waals surface area contributed by atoms with Gasteiger partial charge >= 0.3 is 0 Å². The van der Waals surface area contributed by atoms with Crippen LogP contribution in [0, 0.1) is 0 Å². The maximum atomic E-state index is 4.81. The molecule has 0 spiro atoms. The summed E-state index contributed by atoms with van der Waals surface area (Å²) in [5.74, 6) is 0. The maximum absolute atomic E-state index is 4.81. The molecule has 1 nitrogen and oxygen atoms in total. The van der Waals surface area contributed by atoms with Gasteiger partial charge in [-0.05, 0) is 6.92 Å². The molecule has 0 aliphatic carbocycles. The molecule has 0 amide bonds. The third-order valence-electron chi connectivity index (χ3n) is 0.893. The van der Waals surface area contributed by atoms with Crippen LogP contribution in [0.4, 0.5) is 0 Å². The fourth-order valence-corrected chi connectivity index (χ4v) is 0.547. The highest BCUT2D eigenvalue weighted by atomic mass is 32.1. The minimum Gasteiger partial charge on any atom is -0.363 e. The highest BCUT2D eigenvalue weighted by molar-refractivity contribution is 7.80. The van der Waals surface area contributed by atoms with Crippen molar-refractivity contribution in [2.45, 2.75) is 6.92 Å². The zero-order chi connectivity index (χ0) is 4.57. The van der Waals surface area contributed by atoms with Gasteiger partial charge in [-0.15, -0.1) is 0 Å². The molecule has 1 heterocycles. The quantitative estimate of drug-likeness (QED) is 0.325. The highest BCUT2D eigenvalue weighted by Gasteiger charge is 2.15. The van der Waals surface area contributed by atoms with Crippen LogP contribution in [0.25, 0.3) is 0 Å². The van der Waals surface area contributed by atoms with Crippen LogP contribution in [0.3, 0.4) is 0 Å². The lowest BCUT2D eigenvalue weighted by atomic mass is 10.8. The van der Waals surface area contributed by atoms with Crippen LogP contribution in [0.1, 0.15) is 6.92 Å². The second-order valence-corrected chi connectivity index (χ2v) is 2.10. The Bertz CT molecular complexity index is 75.6. The molecule has 0 unspecified atom stereocenters. The molecule has 0 radical (unpaired) electrons. The van der Waals surface area contributed by atoms with Crippen LogP contribution >= 0.6 is 12.2 Å². The summed E-state index contributed by atoms with van der Waals surface area (Å²) in [6.45, 7) is 4.34. The first kappa shape index (κ1) is 4.06. The molecule has 34 valence electrons. The average Bonchev–Trinajstić information content (AvgIpc) is 2.06. The van der Waals surface area contributed by atoms with Crippen LogP contribution in [0.2, 0.25) is 0 Å². The first-order valence-corrected chi connectivity index (χ1v) is 2.47. The molecular weight excluding hydrogens is 94.1 g/mol. The standard InChI is InChI=1S/C4H7NS/c1-4(6)5-2-3-5/h2-3H2,1H3. The molecule has 0 aromatic heterocycles. The number of nitrogens with zero attached hydrogens (tertiary/aromatic N) is 1. The minimum absolute atomic E-state index is 1.04. The molecule has 6 heavy (non-hydrogen) atoms. The maximum Gasteiger partial charge on any atom is 0.0749 e. The predicted molar refractivity (Wildman–Crippen MR) is 29.8 cm³/mol. The van der Waals surface area contributed by atoms with E-state index in [1.807, 2.05) is 6.92 Å². The number of thiocarbonyl (C=S) groups is 1. The Balaban J connectivity index is 2.31. The largest absolute Gasteiger partial charge is 0.363 e. The van der Waals surface area contributed by atoms with Crippen molar-refractivity contribution in [1.82, 2.24) is 4.90 Å². The molecular formula is C4H7NS. The molecule has 2 heteroatoms. The van der Waals surface area contributed by atoms with Crippen LogP contribution in [0.5, 0.6) is 0 Å². The molecule has 1 aliphatic rings. The molecule has 0 aromatic rings. The summed E-state index contributed by atoms with van der Waals surface area (Å²) in [5, 5.41) is 0. The van der Waals surface area contributed by atoms with Gasteiger partial charge in [0.1, 0.15) is 0 Å². The lowest BCUT2D eigenvalue weighted by molar-refractivity contribution is 0.860. The number of rotatable bonds is 0. The van der Waals surface area contributed by atoms with E-state index in [4.69, 9.17) is 12.2 Å². The average molecular weight is 101 g/mol. The van der Waals surface area contributed by atoms with E-state index in [2.05, 4.69) is 4.90 Å². The Morgan fingerprint density at radius 1 is 1.67 bits per heavy atom. The zero-order valence-electron chi connectivity index (χ0n) is 3.77. The van der Waals surface area contributed by atoms with Gasteiger partial charge < -0.3 is 4.90 Å². The molecule has 0 aromatic carbocycles. The third-order valence-corrected chi connectivity index (χ3v) is 1.15. The van der Waals surface area contributed by atoms with Gasteiger partial charge in [-0.3, -0.25) is 0 Å². The molecule has 1 rings (SSSR count). The van der Waals surface area contributed by atoms with Crippen LogP contribution < -0.4 is 0 Å². The highest BCUT2D eigenvalue weighted by Crippen LogP contribution is 2.03.